The van der Waals surface area contributed by atoms with E-state index in [4.69, 9.17) is 4.74 Å². The molecule has 2 aromatic rings. The lowest BCUT2D eigenvalue weighted by Crippen LogP contribution is -2.48. The zero-order chi connectivity index (χ0) is 16.4. The summed E-state index contributed by atoms with van der Waals surface area (Å²) in [7, 11) is 0. The smallest absolute Gasteiger partial charge is 0.434 e. The molecule has 2 aromatic carbocycles. The van der Waals surface area contributed by atoms with Crippen LogP contribution in [0.5, 0.6) is 0 Å². The number of amides is 1. The van der Waals surface area contributed by atoms with Gasteiger partial charge in [0.2, 0.25) is 5.82 Å². The summed E-state index contributed by atoms with van der Waals surface area (Å²) in [5.41, 5.74) is 6.13. The SMILES string of the molecule is Cc1cccc(NC2=C(O)OC(=O)NN2c2cccc(C)c2)c1. The van der Waals surface area contributed by atoms with E-state index in [-0.39, 0.29) is 5.82 Å². The van der Waals surface area contributed by atoms with E-state index in [2.05, 4.69) is 10.7 Å². The first-order chi connectivity index (χ1) is 11.0. The summed E-state index contributed by atoms with van der Waals surface area (Å²) < 4.78 is 4.76. The number of nitrogens with one attached hydrogen (secondary N) is 2. The third-order valence-corrected chi connectivity index (χ3v) is 3.36. The first-order valence-electron chi connectivity index (χ1n) is 7.15. The van der Waals surface area contributed by atoms with Crippen LogP contribution in [0.4, 0.5) is 16.2 Å². The predicted molar refractivity (Wildman–Crippen MR) is 87.7 cm³/mol. The molecule has 6 nitrogen and oxygen atoms in total. The summed E-state index contributed by atoms with van der Waals surface area (Å²) in [6, 6.07) is 15.2. The highest BCUT2D eigenvalue weighted by Crippen LogP contribution is 2.25. The first-order valence-corrected chi connectivity index (χ1v) is 7.15. The minimum absolute atomic E-state index is 0.237. The summed E-state index contributed by atoms with van der Waals surface area (Å²) in [4.78, 5) is 11.6. The minimum Gasteiger partial charge on any atom is -0.478 e. The van der Waals surface area contributed by atoms with E-state index in [0.29, 0.717) is 5.69 Å². The summed E-state index contributed by atoms with van der Waals surface area (Å²) in [6.07, 6.45) is -0.751. The number of carbonyl (C=O) groups excluding carboxylic acids is 1. The summed E-state index contributed by atoms with van der Waals surface area (Å²) in [5.74, 6) is -0.252. The van der Waals surface area contributed by atoms with Crippen molar-refractivity contribution in [3.8, 4) is 0 Å². The van der Waals surface area contributed by atoms with Crippen molar-refractivity contribution in [1.82, 2.24) is 5.43 Å². The number of anilines is 2. The summed E-state index contributed by atoms with van der Waals surface area (Å²) >= 11 is 0. The lowest BCUT2D eigenvalue weighted by Gasteiger charge is -2.31. The molecule has 0 radical (unpaired) electrons. The Bertz CT molecular complexity index is 786. The van der Waals surface area contributed by atoms with Gasteiger partial charge in [-0.25, -0.2) is 15.2 Å². The molecule has 0 spiro atoms. The van der Waals surface area contributed by atoms with Gasteiger partial charge in [0.05, 0.1) is 5.69 Å². The lowest BCUT2D eigenvalue weighted by molar-refractivity contribution is 0.107. The van der Waals surface area contributed by atoms with Gasteiger partial charge in [0.1, 0.15) is 0 Å². The number of hydrogen-bond acceptors (Lipinski definition) is 5. The van der Waals surface area contributed by atoms with Crippen LogP contribution in [-0.2, 0) is 4.74 Å². The lowest BCUT2D eigenvalue weighted by atomic mass is 10.2. The zero-order valence-electron chi connectivity index (χ0n) is 12.8. The maximum atomic E-state index is 11.6. The molecular weight excluding hydrogens is 294 g/mol. The monoisotopic (exact) mass is 311 g/mol. The van der Waals surface area contributed by atoms with Gasteiger partial charge < -0.3 is 15.2 Å². The number of aliphatic hydroxyl groups is 1. The average molecular weight is 311 g/mol. The van der Waals surface area contributed by atoms with Gasteiger partial charge >= 0.3 is 12.0 Å². The Morgan fingerprint density at radius 2 is 1.78 bits per heavy atom. The number of hydrazine groups is 1. The number of nitrogens with zero attached hydrogens (tertiary/aromatic N) is 1. The Labute approximate surface area is 134 Å². The third-order valence-electron chi connectivity index (χ3n) is 3.36. The van der Waals surface area contributed by atoms with Crippen molar-refractivity contribution in [2.45, 2.75) is 13.8 Å². The van der Waals surface area contributed by atoms with E-state index in [1.165, 1.54) is 5.01 Å². The van der Waals surface area contributed by atoms with Crippen LogP contribution >= 0.6 is 0 Å². The fourth-order valence-electron chi connectivity index (χ4n) is 2.33. The summed E-state index contributed by atoms with van der Waals surface area (Å²) in [6.45, 7) is 3.92. The second kappa shape index (κ2) is 5.92. The second-order valence-electron chi connectivity index (χ2n) is 5.32. The molecule has 1 aliphatic heterocycles. The van der Waals surface area contributed by atoms with Crippen LogP contribution in [0, 0.1) is 13.8 Å². The molecule has 118 valence electrons. The largest absolute Gasteiger partial charge is 0.478 e. The van der Waals surface area contributed by atoms with Crippen LogP contribution in [0.2, 0.25) is 0 Å². The van der Waals surface area contributed by atoms with E-state index in [1.807, 2.05) is 62.4 Å². The van der Waals surface area contributed by atoms with E-state index in [1.54, 1.807) is 0 Å². The Hall–Kier alpha value is -3.15. The molecule has 0 saturated heterocycles. The zero-order valence-corrected chi connectivity index (χ0v) is 12.8. The van der Waals surface area contributed by atoms with Gasteiger partial charge in [-0.05, 0) is 49.2 Å². The molecule has 3 rings (SSSR count). The molecule has 23 heavy (non-hydrogen) atoms. The maximum absolute atomic E-state index is 11.6. The molecule has 0 aromatic heterocycles. The predicted octanol–water partition coefficient (Wildman–Crippen LogP) is 3.56. The standard InChI is InChI=1S/C17H17N3O3/c1-11-5-3-7-13(9-11)18-15-16(21)23-17(22)19-20(15)14-8-4-6-12(2)10-14/h3-10,18,21H,1-2H3,(H,19,22). The minimum atomic E-state index is -0.751. The quantitative estimate of drug-likeness (QED) is 0.808. The topological polar surface area (TPSA) is 73.8 Å². The van der Waals surface area contributed by atoms with Crippen molar-refractivity contribution in [2.75, 3.05) is 10.3 Å². The van der Waals surface area contributed by atoms with Crippen molar-refractivity contribution >= 4 is 17.5 Å². The van der Waals surface area contributed by atoms with E-state index in [0.717, 1.165) is 16.8 Å². The van der Waals surface area contributed by atoms with Crippen LogP contribution in [-0.4, -0.2) is 11.2 Å². The number of benzene rings is 2. The highest BCUT2D eigenvalue weighted by atomic mass is 16.6. The normalized spacial score (nSPS) is 14.3. The molecule has 0 unspecified atom stereocenters. The molecule has 0 saturated carbocycles. The van der Waals surface area contributed by atoms with Gasteiger partial charge in [-0.2, -0.15) is 0 Å². The van der Waals surface area contributed by atoms with Gasteiger partial charge in [0, 0.05) is 5.69 Å². The van der Waals surface area contributed by atoms with Crippen LogP contribution < -0.4 is 15.8 Å². The molecule has 1 aliphatic rings. The molecule has 0 atom stereocenters. The van der Waals surface area contributed by atoms with Crippen molar-refractivity contribution in [1.29, 1.82) is 0 Å². The Morgan fingerprint density at radius 1 is 1.09 bits per heavy atom. The maximum Gasteiger partial charge on any atom is 0.434 e. The van der Waals surface area contributed by atoms with Crippen LogP contribution in [0.1, 0.15) is 11.1 Å². The van der Waals surface area contributed by atoms with Gasteiger partial charge in [-0.3, -0.25) is 0 Å². The first kappa shape index (κ1) is 14.8. The number of aliphatic hydroxyl groups excluding tert-OH is 1. The fourth-order valence-corrected chi connectivity index (χ4v) is 2.33. The molecule has 1 heterocycles. The number of hydrogen-bond donors (Lipinski definition) is 3. The van der Waals surface area contributed by atoms with Crippen molar-refractivity contribution in [3.05, 3.63) is 71.4 Å². The van der Waals surface area contributed by atoms with Crippen LogP contribution in [0.3, 0.4) is 0 Å². The van der Waals surface area contributed by atoms with Crippen LogP contribution in [0.15, 0.2) is 60.3 Å². The van der Waals surface area contributed by atoms with Crippen molar-refractivity contribution in [3.63, 3.8) is 0 Å². The van der Waals surface area contributed by atoms with Crippen molar-refractivity contribution < 1.29 is 14.6 Å². The number of rotatable bonds is 3. The molecular formula is C17H17N3O3. The summed E-state index contributed by atoms with van der Waals surface area (Å²) in [5, 5.41) is 14.6. The molecule has 0 fully saturated rings. The molecule has 0 bridgehead atoms. The van der Waals surface area contributed by atoms with Gasteiger partial charge in [-0.15, -0.1) is 0 Å². The van der Waals surface area contributed by atoms with Crippen molar-refractivity contribution in [2.24, 2.45) is 0 Å². The number of cyclic esters (lactones) is 1. The van der Waals surface area contributed by atoms with Gasteiger partial charge in [-0.1, -0.05) is 24.3 Å². The van der Waals surface area contributed by atoms with E-state index >= 15 is 0 Å². The average Bonchev–Trinajstić information content (AvgIpc) is 2.50. The van der Waals surface area contributed by atoms with Crippen LogP contribution in [0.25, 0.3) is 0 Å². The Balaban J connectivity index is 1.99. The molecule has 6 heteroatoms. The van der Waals surface area contributed by atoms with E-state index < -0.39 is 12.0 Å². The third kappa shape index (κ3) is 3.21. The Morgan fingerprint density at radius 3 is 2.48 bits per heavy atom. The van der Waals surface area contributed by atoms with Gasteiger partial charge in [0.25, 0.3) is 0 Å². The number of aryl methyl sites for hydroxylation is 2. The Kier molecular flexibility index (Phi) is 3.80. The highest BCUT2D eigenvalue weighted by molar-refractivity contribution is 5.76. The number of carbonyl (C=O) groups is 1. The van der Waals surface area contributed by atoms with E-state index in [9.17, 15) is 9.90 Å². The molecule has 3 N–H and O–H groups in total. The van der Waals surface area contributed by atoms with Gasteiger partial charge in [0.15, 0.2) is 0 Å². The molecule has 0 aliphatic carbocycles. The fraction of sp³-hybridized carbons (Fsp3) is 0.118. The highest BCUT2D eigenvalue weighted by Gasteiger charge is 2.28. The number of ether oxygens (including phenoxy) is 1. The second-order valence-corrected chi connectivity index (χ2v) is 5.32. The molecule has 1 amide bonds.